The van der Waals surface area contributed by atoms with Gasteiger partial charge in [0.1, 0.15) is 0 Å². The molecule has 0 aromatic rings. The van der Waals surface area contributed by atoms with Crippen molar-refractivity contribution < 1.29 is 19.8 Å². The summed E-state index contributed by atoms with van der Waals surface area (Å²) in [7, 11) is 0. The number of rotatable bonds is 6. The quantitative estimate of drug-likeness (QED) is 0.566. The molecular formula is C9H17NO4. The molecular weight excluding hydrogens is 186 g/mol. The molecule has 0 heterocycles. The highest BCUT2D eigenvalue weighted by atomic mass is 16.4. The lowest BCUT2D eigenvalue weighted by molar-refractivity contribution is -0.136. The lowest BCUT2D eigenvalue weighted by Crippen LogP contribution is -2.31. The van der Waals surface area contributed by atoms with E-state index in [2.05, 4.69) is 5.32 Å². The van der Waals surface area contributed by atoms with Gasteiger partial charge in [-0.05, 0) is 5.41 Å². The standard InChI is InChI=1S/C9H17NO4/c1-9(2,6-11)5-7(12)10-4-3-8(13)14/h11H,3-6H2,1-2H3,(H,10,12)(H,13,14). The molecule has 0 aliphatic rings. The zero-order valence-corrected chi connectivity index (χ0v) is 8.54. The van der Waals surface area contributed by atoms with Crippen molar-refractivity contribution in [2.45, 2.75) is 26.7 Å². The molecule has 0 saturated carbocycles. The third-order valence-corrected chi connectivity index (χ3v) is 1.73. The van der Waals surface area contributed by atoms with Gasteiger partial charge in [-0.15, -0.1) is 0 Å². The first kappa shape index (κ1) is 12.9. The number of hydrogen-bond acceptors (Lipinski definition) is 3. The van der Waals surface area contributed by atoms with Crippen LogP contribution in [0.15, 0.2) is 0 Å². The van der Waals surface area contributed by atoms with E-state index in [0.717, 1.165) is 0 Å². The van der Waals surface area contributed by atoms with E-state index in [4.69, 9.17) is 10.2 Å². The Kier molecular flexibility index (Phi) is 5.15. The van der Waals surface area contributed by atoms with Crippen molar-refractivity contribution in [2.24, 2.45) is 5.41 Å². The number of aliphatic carboxylic acids is 1. The molecule has 0 bridgehead atoms. The van der Waals surface area contributed by atoms with Crippen molar-refractivity contribution in [3.05, 3.63) is 0 Å². The monoisotopic (exact) mass is 203 g/mol. The second-order valence-corrected chi connectivity index (χ2v) is 3.99. The van der Waals surface area contributed by atoms with Crippen LogP contribution in [0.5, 0.6) is 0 Å². The Morgan fingerprint density at radius 2 is 1.93 bits per heavy atom. The summed E-state index contributed by atoms with van der Waals surface area (Å²) in [4.78, 5) is 21.3. The summed E-state index contributed by atoms with van der Waals surface area (Å²) in [6.07, 6.45) is 0.119. The zero-order chi connectivity index (χ0) is 11.2. The number of carboxylic acids is 1. The SMILES string of the molecule is CC(C)(CO)CC(=O)NCCC(=O)O. The molecule has 0 aromatic heterocycles. The van der Waals surface area contributed by atoms with E-state index in [0.29, 0.717) is 0 Å². The van der Waals surface area contributed by atoms with E-state index < -0.39 is 11.4 Å². The third kappa shape index (κ3) is 6.42. The summed E-state index contributed by atoms with van der Waals surface area (Å²) < 4.78 is 0. The summed E-state index contributed by atoms with van der Waals surface area (Å²) >= 11 is 0. The average Bonchev–Trinajstić information content (AvgIpc) is 2.02. The Bertz CT molecular complexity index is 213. The van der Waals surface area contributed by atoms with Gasteiger partial charge in [-0.3, -0.25) is 9.59 Å². The van der Waals surface area contributed by atoms with E-state index in [1.807, 2.05) is 0 Å². The van der Waals surface area contributed by atoms with Crippen molar-refractivity contribution in [1.82, 2.24) is 5.32 Å². The van der Waals surface area contributed by atoms with Gasteiger partial charge in [-0.1, -0.05) is 13.8 Å². The normalized spacial score (nSPS) is 11.1. The van der Waals surface area contributed by atoms with Crippen LogP contribution in [0.3, 0.4) is 0 Å². The first-order valence-electron chi connectivity index (χ1n) is 4.47. The number of amides is 1. The van der Waals surface area contributed by atoms with Gasteiger partial charge in [-0.2, -0.15) is 0 Å². The molecule has 0 aliphatic heterocycles. The number of nitrogens with one attached hydrogen (secondary N) is 1. The molecule has 0 unspecified atom stereocenters. The van der Waals surface area contributed by atoms with Crippen LogP contribution < -0.4 is 5.32 Å². The average molecular weight is 203 g/mol. The van der Waals surface area contributed by atoms with E-state index >= 15 is 0 Å². The van der Waals surface area contributed by atoms with Gasteiger partial charge in [0.15, 0.2) is 0 Å². The molecule has 1 amide bonds. The minimum atomic E-state index is -0.938. The minimum Gasteiger partial charge on any atom is -0.481 e. The molecule has 0 aliphatic carbocycles. The fourth-order valence-corrected chi connectivity index (χ4v) is 0.862. The molecule has 0 rings (SSSR count). The van der Waals surface area contributed by atoms with Crippen molar-refractivity contribution >= 4 is 11.9 Å². The predicted octanol–water partition coefficient (Wildman–Crippen LogP) is -0.0141. The summed E-state index contributed by atoms with van der Waals surface area (Å²) in [6, 6.07) is 0. The first-order chi connectivity index (χ1) is 6.37. The van der Waals surface area contributed by atoms with Crippen LogP contribution in [0.1, 0.15) is 26.7 Å². The number of hydrogen-bond donors (Lipinski definition) is 3. The highest BCUT2D eigenvalue weighted by Gasteiger charge is 2.20. The van der Waals surface area contributed by atoms with Crippen LogP contribution in [-0.4, -0.2) is 35.2 Å². The number of carbonyl (C=O) groups excluding carboxylic acids is 1. The Labute approximate surface area is 83.1 Å². The molecule has 82 valence electrons. The Balaban J connectivity index is 3.71. The maximum absolute atomic E-state index is 11.2. The van der Waals surface area contributed by atoms with E-state index in [-0.39, 0.29) is 31.9 Å². The Morgan fingerprint density at radius 3 is 2.36 bits per heavy atom. The van der Waals surface area contributed by atoms with Gasteiger partial charge in [0.25, 0.3) is 0 Å². The molecule has 0 fully saturated rings. The van der Waals surface area contributed by atoms with Gasteiger partial charge >= 0.3 is 5.97 Å². The van der Waals surface area contributed by atoms with Crippen molar-refractivity contribution in [1.29, 1.82) is 0 Å². The minimum absolute atomic E-state index is 0.0701. The highest BCUT2D eigenvalue weighted by molar-refractivity contribution is 5.77. The lowest BCUT2D eigenvalue weighted by atomic mass is 9.90. The molecule has 3 N–H and O–H groups in total. The molecule has 5 heteroatoms. The highest BCUT2D eigenvalue weighted by Crippen LogP contribution is 2.18. The Morgan fingerprint density at radius 1 is 1.36 bits per heavy atom. The zero-order valence-electron chi connectivity index (χ0n) is 8.54. The second-order valence-electron chi connectivity index (χ2n) is 3.99. The van der Waals surface area contributed by atoms with Gasteiger partial charge < -0.3 is 15.5 Å². The van der Waals surface area contributed by atoms with Gasteiger partial charge in [0.2, 0.25) is 5.91 Å². The van der Waals surface area contributed by atoms with Gasteiger partial charge in [0, 0.05) is 19.6 Å². The summed E-state index contributed by atoms with van der Waals surface area (Å²) in [5.41, 5.74) is -0.451. The molecule has 0 saturated heterocycles. The van der Waals surface area contributed by atoms with Crippen LogP contribution in [0.2, 0.25) is 0 Å². The molecule has 0 atom stereocenters. The summed E-state index contributed by atoms with van der Waals surface area (Å²) in [5.74, 6) is -1.17. The van der Waals surface area contributed by atoms with Crippen molar-refractivity contribution in [3.63, 3.8) is 0 Å². The molecule has 14 heavy (non-hydrogen) atoms. The van der Waals surface area contributed by atoms with Crippen molar-refractivity contribution in [3.8, 4) is 0 Å². The number of carbonyl (C=O) groups is 2. The van der Waals surface area contributed by atoms with Gasteiger partial charge in [-0.25, -0.2) is 0 Å². The van der Waals surface area contributed by atoms with E-state index in [9.17, 15) is 9.59 Å². The first-order valence-corrected chi connectivity index (χ1v) is 4.47. The summed E-state index contributed by atoms with van der Waals surface area (Å²) in [5, 5.41) is 19.7. The molecule has 5 nitrogen and oxygen atoms in total. The topological polar surface area (TPSA) is 86.6 Å². The van der Waals surface area contributed by atoms with E-state index in [1.54, 1.807) is 13.8 Å². The Hall–Kier alpha value is -1.10. The van der Waals surface area contributed by atoms with E-state index in [1.165, 1.54) is 0 Å². The number of carboxylic acid groups (broad SMARTS) is 1. The molecule has 0 radical (unpaired) electrons. The lowest BCUT2D eigenvalue weighted by Gasteiger charge is -2.20. The number of aliphatic hydroxyl groups is 1. The summed E-state index contributed by atoms with van der Waals surface area (Å²) in [6.45, 7) is 3.60. The smallest absolute Gasteiger partial charge is 0.305 e. The largest absolute Gasteiger partial charge is 0.481 e. The number of aliphatic hydroxyl groups excluding tert-OH is 1. The molecule has 0 spiro atoms. The second kappa shape index (κ2) is 5.59. The van der Waals surface area contributed by atoms with Crippen LogP contribution >= 0.6 is 0 Å². The fourth-order valence-electron chi connectivity index (χ4n) is 0.862. The maximum atomic E-state index is 11.2. The fraction of sp³-hybridized carbons (Fsp3) is 0.778. The van der Waals surface area contributed by atoms with Crippen LogP contribution in [0.25, 0.3) is 0 Å². The van der Waals surface area contributed by atoms with Crippen LogP contribution in [0, 0.1) is 5.41 Å². The van der Waals surface area contributed by atoms with Gasteiger partial charge in [0.05, 0.1) is 6.42 Å². The van der Waals surface area contributed by atoms with Crippen LogP contribution in [0.4, 0.5) is 0 Å². The maximum Gasteiger partial charge on any atom is 0.305 e. The predicted molar refractivity (Wildman–Crippen MR) is 50.7 cm³/mol. The van der Waals surface area contributed by atoms with Crippen LogP contribution in [-0.2, 0) is 9.59 Å². The molecule has 0 aromatic carbocycles. The third-order valence-electron chi connectivity index (χ3n) is 1.73. The van der Waals surface area contributed by atoms with Crippen molar-refractivity contribution in [2.75, 3.05) is 13.2 Å².